The van der Waals surface area contributed by atoms with Crippen molar-refractivity contribution < 1.29 is 28.6 Å². The van der Waals surface area contributed by atoms with Crippen LogP contribution in [0.1, 0.15) is 348 Å². The summed E-state index contributed by atoms with van der Waals surface area (Å²) in [6.45, 7) is 6.51. The smallest absolute Gasteiger partial charge is 0.306 e. The third-order valence-corrected chi connectivity index (χ3v) is 15.1. The molecule has 0 aliphatic carbocycles. The molecule has 0 aromatic heterocycles. The number of hydrogen-bond donors (Lipinski definition) is 0. The van der Waals surface area contributed by atoms with Crippen LogP contribution in [0.15, 0.2) is 85.1 Å². The number of rotatable bonds is 63. The maximum absolute atomic E-state index is 12.9. The second-order valence-corrected chi connectivity index (χ2v) is 23.1. The number of unbranched alkanes of at least 4 members (excludes halogenated alkanes) is 38. The molecule has 1 unspecified atom stereocenters. The first-order valence-corrected chi connectivity index (χ1v) is 34.6. The van der Waals surface area contributed by atoms with E-state index in [4.69, 9.17) is 14.2 Å². The van der Waals surface area contributed by atoms with Gasteiger partial charge in [-0.1, -0.05) is 305 Å². The number of allylic oxidation sites excluding steroid dienone is 14. The summed E-state index contributed by atoms with van der Waals surface area (Å²) < 4.78 is 17.0. The SMILES string of the molecule is CC/C=C\C/C=C\C/C=C\C/C=C\CCCCCCCCCCCCCCCCCCCCC(=O)OCC(COC(=O)CCCCCCC/C=C\C/C=C\CCCC)OC(=O)CCCCCCCCC/C=C\CCCCCCCC. The highest BCUT2D eigenvalue weighted by Crippen LogP contribution is 2.17. The fourth-order valence-electron chi connectivity index (χ4n) is 9.92. The largest absolute Gasteiger partial charge is 0.462 e. The molecular formula is C74H130O6. The van der Waals surface area contributed by atoms with Crippen molar-refractivity contribution in [2.45, 2.75) is 354 Å². The van der Waals surface area contributed by atoms with Gasteiger partial charge in [0.1, 0.15) is 13.2 Å². The minimum Gasteiger partial charge on any atom is -0.462 e. The quantitative estimate of drug-likeness (QED) is 0.0261. The molecule has 0 amide bonds. The molecule has 1 atom stereocenters. The van der Waals surface area contributed by atoms with Gasteiger partial charge in [0.25, 0.3) is 0 Å². The highest BCUT2D eigenvalue weighted by Gasteiger charge is 2.19. The first-order chi connectivity index (χ1) is 39.5. The van der Waals surface area contributed by atoms with Crippen molar-refractivity contribution in [3.05, 3.63) is 85.1 Å². The molecule has 0 saturated heterocycles. The topological polar surface area (TPSA) is 78.9 Å². The molecule has 0 fully saturated rings. The van der Waals surface area contributed by atoms with Crippen molar-refractivity contribution in [1.29, 1.82) is 0 Å². The molecule has 0 aromatic carbocycles. The molecule has 0 rings (SSSR count). The van der Waals surface area contributed by atoms with E-state index in [-0.39, 0.29) is 31.1 Å². The van der Waals surface area contributed by atoms with Crippen LogP contribution in [0.2, 0.25) is 0 Å². The average Bonchev–Trinajstić information content (AvgIpc) is 3.46. The van der Waals surface area contributed by atoms with Crippen LogP contribution < -0.4 is 0 Å². The maximum Gasteiger partial charge on any atom is 0.306 e. The molecule has 0 bridgehead atoms. The fourth-order valence-corrected chi connectivity index (χ4v) is 9.92. The number of carbonyl (C=O) groups is 3. The Bertz CT molecular complexity index is 1520. The Morgan fingerprint density at radius 3 is 0.812 bits per heavy atom. The van der Waals surface area contributed by atoms with Crippen LogP contribution in [0.3, 0.4) is 0 Å². The van der Waals surface area contributed by atoms with Crippen molar-refractivity contribution in [2.24, 2.45) is 0 Å². The number of esters is 3. The maximum atomic E-state index is 12.9. The van der Waals surface area contributed by atoms with Crippen LogP contribution in [-0.4, -0.2) is 37.2 Å². The Morgan fingerprint density at radius 2 is 0.500 bits per heavy atom. The van der Waals surface area contributed by atoms with Crippen LogP contribution in [0.5, 0.6) is 0 Å². The lowest BCUT2D eigenvalue weighted by molar-refractivity contribution is -0.167. The molecule has 0 aromatic rings. The summed E-state index contributed by atoms with van der Waals surface area (Å²) in [5, 5.41) is 0. The van der Waals surface area contributed by atoms with E-state index < -0.39 is 6.10 Å². The second kappa shape index (κ2) is 68.1. The molecule has 462 valence electrons. The van der Waals surface area contributed by atoms with Crippen LogP contribution in [0.25, 0.3) is 0 Å². The first-order valence-electron chi connectivity index (χ1n) is 34.6. The molecule has 0 N–H and O–H groups in total. The molecule has 0 heterocycles. The molecule has 6 nitrogen and oxygen atoms in total. The van der Waals surface area contributed by atoms with E-state index in [1.54, 1.807) is 0 Å². The third-order valence-electron chi connectivity index (χ3n) is 15.1. The highest BCUT2D eigenvalue weighted by atomic mass is 16.6. The van der Waals surface area contributed by atoms with Crippen molar-refractivity contribution in [2.75, 3.05) is 13.2 Å². The Kier molecular flexibility index (Phi) is 65.2. The zero-order chi connectivity index (χ0) is 57.8. The normalized spacial score (nSPS) is 12.6. The lowest BCUT2D eigenvalue weighted by Gasteiger charge is -2.18. The molecule has 0 spiro atoms. The van der Waals surface area contributed by atoms with Gasteiger partial charge in [-0.3, -0.25) is 14.4 Å². The lowest BCUT2D eigenvalue weighted by atomic mass is 10.0. The summed E-state index contributed by atoms with van der Waals surface area (Å²) in [4.78, 5) is 38.4. The van der Waals surface area contributed by atoms with Gasteiger partial charge in [-0.15, -0.1) is 0 Å². The number of carbonyl (C=O) groups excluding carboxylic acids is 3. The molecule has 0 aliphatic heterocycles. The van der Waals surface area contributed by atoms with Crippen molar-refractivity contribution >= 4 is 17.9 Å². The van der Waals surface area contributed by atoms with E-state index in [1.807, 2.05) is 0 Å². The van der Waals surface area contributed by atoms with Gasteiger partial charge in [-0.05, 0) is 109 Å². The molecule has 0 radical (unpaired) electrons. The van der Waals surface area contributed by atoms with Crippen LogP contribution in [0, 0.1) is 0 Å². The van der Waals surface area contributed by atoms with Gasteiger partial charge in [-0.2, -0.15) is 0 Å². The van der Waals surface area contributed by atoms with Gasteiger partial charge < -0.3 is 14.2 Å². The van der Waals surface area contributed by atoms with E-state index in [0.717, 1.165) is 103 Å². The van der Waals surface area contributed by atoms with E-state index in [0.29, 0.717) is 19.3 Å². The summed E-state index contributed by atoms with van der Waals surface area (Å²) in [5.41, 5.74) is 0. The molecule has 0 aliphatic rings. The van der Waals surface area contributed by atoms with Crippen molar-refractivity contribution in [1.82, 2.24) is 0 Å². The standard InChI is InChI=1S/C74H130O6/c1-4-7-10-13-16-19-22-25-28-30-31-32-33-34-35-36-37-38-39-40-41-42-43-45-46-49-52-55-58-61-64-67-73(76)79-70-71(69-78-72(75)66-63-60-57-54-51-48-27-24-21-18-15-12-9-6-3)80-74(77)68-65-62-59-56-53-50-47-44-29-26-23-20-17-14-11-8-5-2/h7,10,15-16,18-19,24-29,31-32,71H,4-6,8-9,11-14,17,20-23,30,33-70H2,1-3H3/b10-7-,18-15-,19-16-,27-24-,28-25-,29-26-,32-31-. The third kappa shape index (κ3) is 65.4. The summed E-state index contributed by atoms with van der Waals surface area (Å²) in [6, 6.07) is 0. The highest BCUT2D eigenvalue weighted by molar-refractivity contribution is 5.71. The summed E-state index contributed by atoms with van der Waals surface area (Å²) in [7, 11) is 0. The van der Waals surface area contributed by atoms with Gasteiger partial charge in [0.2, 0.25) is 0 Å². The van der Waals surface area contributed by atoms with E-state index >= 15 is 0 Å². The Labute approximate surface area is 496 Å². The lowest BCUT2D eigenvalue weighted by Crippen LogP contribution is -2.30. The fraction of sp³-hybridized carbons (Fsp3) is 0.770. The van der Waals surface area contributed by atoms with Crippen molar-refractivity contribution in [3.8, 4) is 0 Å². The van der Waals surface area contributed by atoms with E-state index in [9.17, 15) is 14.4 Å². The molecule has 6 heteroatoms. The predicted molar refractivity (Wildman–Crippen MR) is 348 cm³/mol. The van der Waals surface area contributed by atoms with Gasteiger partial charge in [-0.25, -0.2) is 0 Å². The number of ether oxygens (including phenoxy) is 3. The van der Waals surface area contributed by atoms with Crippen LogP contribution in [0.4, 0.5) is 0 Å². The Balaban J connectivity index is 4.20. The molecule has 0 saturated carbocycles. The first kappa shape index (κ1) is 76.6. The Hall–Kier alpha value is -3.41. The molecular weight excluding hydrogens is 985 g/mol. The minimum atomic E-state index is -0.784. The van der Waals surface area contributed by atoms with Gasteiger partial charge in [0.05, 0.1) is 0 Å². The van der Waals surface area contributed by atoms with Gasteiger partial charge in [0, 0.05) is 19.3 Å². The van der Waals surface area contributed by atoms with Crippen molar-refractivity contribution in [3.63, 3.8) is 0 Å². The Morgan fingerprint density at radius 1 is 0.263 bits per heavy atom. The summed E-state index contributed by atoms with van der Waals surface area (Å²) >= 11 is 0. The van der Waals surface area contributed by atoms with Gasteiger partial charge in [0.15, 0.2) is 6.10 Å². The second-order valence-electron chi connectivity index (χ2n) is 23.1. The minimum absolute atomic E-state index is 0.0791. The number of hydrogen-bond acceptors (Lipinski definition) is 6. The van der Waals surface area contributed by atoms with Crippen LogP contribution in [-0.2, 0) is 28.6 Å². The van der Waals surface area contributed by atoms with E-state index in [1.165, 1.54) is 205 Å². The van der Waals surface area contributed by atoms with Crippen LogP contribution >= 0.6 is 0 Å². The summed E-state index contributed by atoms with van der Waals surface area (Å²) in [5.74, 6) is -0.880. The monoisotopic (exact) mass is 1110 g/mol. The van der Waals surface area contributed by atoms with E-state index in [2.05, 4.69) is 106 Å². The summed E-state index contributed by atoms with van der Waals surface area (Å²) in [6.07, 6.45) is 90.4. The predicted octanol–water partition coefficient (Wildman–Crippen LogP) is 23.8. The van der Waals surface area contributed by atoms with Gasteiger partial charge >= 0.3 is 17.9 Å². The zero-order valence-electron chi connectivity index (χ0n) is 53.1. The molecule has 80 heavy (non-hydrogen) atoms. The zero-order valence-corrected chi connectivity index (χ0v) is 53.1. The average molecular weight is 1120 g/mol.